The van der Waals surface area contributed by atoms with Gasteiger partial charge in [-0.1, -0.05) is 18.2 Å². The van der Waals surface area contributed by atoms with E-state index in [-0.39, 0.29) is 11.7 Å². The van der Waals surface area contributed by atoms with Crippen LogP contribution in [0.2, 0.25) is 0 Å². The van der Waals surface area contributed by atoms with E-state index in [0.29, 0.717) is 12.5 Å². The van der Waals surface area contributed by atoms with Gasteiger partial charge in [0.15, 0.2) is 0 Å². The number of amides is 1. The average molecular weight is 256 g/mol. The Balaban J connectivity index is 1.67. The molecule has 1 amide bonds. The van der Waals surface area contributed by atoms with Crippen LogP contribution in [0.15, 0.2) is 30.5 Å². The van der Waals surface area contributed by atoms with Gasteiger partial charge in [0.25, 0.3) is 5.91 Å². The first-order valence-corrected chi connectivity index (χ1v) is 6.41. The SMILES string of the molecule is CN1CC(CNC(=O)c2ncc3ccccc3n2)C1. The lowest BCUT2D eigenvalue weighted by Gasteiger charge is -2.36. The second kappa shape index (κ2) is 4.93. The molecule has 5 heteroatoms. The maximum absolute atomic E-state index is 12.0. The third-order valence-corrected chi connectivity index (χ3v) is 3.38. The van der Waals surface area contributed by atoms with Crippen molar-refractivity contribution in [2.24, 2.45) is 5.92 Å². The van der Waals surface area contributed by atoms with Gasteiger partial charge in [-0.3, -0.25) is 4.79 Å². The Bertz CT molecular complexity index is 607. The molecule has 1 fully saturated rings. The van der Waals surface area contributed by atoms with Crippen molar-refractivity contribution < 1.29 is 4.79 Å². The molecule has 0 aliphatic carbocycles. The molecule has 1 aliphatic heterocycles. The van der Waals surface area contributed by atoms with Crippen LogP contribution < -0.4 is 5.32 Å². The van der Waals surface area contributed by atoms with Gasteiger partial charge in [0.05, 0.1) is 5.52 Å². The van der Waals surface area contributed by atoms with Gasteiger partial charge < -0.3 is 10.2 Å². The van der Waals surface area contributed by atoms with E-state index >= 15 is 0 Å². The number of likely N-dealkylation sites (tertiary alicyclic amines) is 1. The van der Waals surface area contributed by atoms with Crippen molar-refractivity contribution in [3.63, 3.8) is 0 Å². The first-order chi connectivity index (χ1) is 9.22. The number of nitrogens with zero attached hydrogens (tertiary/aromatic N) is 3. The van der Waals surface area contributed by atoms with E-state index in [1.54, 1.807) is 6.20 Å². The molecule has 3 rings (SSSR count). The molecule has 1 aromatic carbocycles. The Kier molecular flexibility index (Phi) is 3.13. The van der Waals surface area contributed by atoms with Crippen molar-refractivity contribution in [3.8, 4) is 0 Å². The molecule has 1 N–H and O–H groups in total. The maximum Gasteiger partial charge on any atom is 0.289 e. The molecule has 98 valence electrons. The lowest BCUT2D eigenvalue weighted by Crippen LogP contribution is -2.49. The van der Waals surface area contributed by atoms with Gasteiger partial charge in [0, 0.05) is 37.1 Å². The number of carbonyl (C=O) groups excluding carboxylic acids is 1. The minimum Gasteiger partial charge on any atom is -0.349 e. The van der Waals surface area contributed by atoms with Gasteiger partial charge in [0.1, 0.15) is 0 Å². The number of para-hydroxylation sites is 1. The summed E-state index contributed by atoms with van der Waals surface area (Å²) in [6.07, 6.45) is 1.69. The van der Waals surface area contributed by atoms with E-state index in [9.17, 15) is 4.79 Å². The summed E-state index contributed by atoms with van der Waals surface area (Å²) < 4.78 is 0. The van der Waals surface area contributed by atoms with E-state index < -0.39 is 0 Å². The minimum absolute atomic E-state index is 0.194. The number of aromatic nitrogens is 2. The molecule has 19 heavy (non-hydrogen) atoms. The fraction of sp³-hybridized carbons (Fsp3) is 0.357. The van der Waals surface area contributed by atoms with Crippen LogP contribution in [0.1, 0.15) is 10.6 Å². The molecule has 0 atom stereocenters. The Morgan fingerprint density at radius 2 is 2.21 bits per heavy atom. The van der Waals surface area contributed by atoms with E-state index in [0.717, 1.165) is 24.0 Å². The van der Waals surface area contributed by atoms with Crippen LogP contribution in [0.5, 0.6) is 0 Å². The molecule has 0 saturated carbocycles. The summed E-state index contributed by atoms with van der Waals surface area (Å²) in [7, 11) is 2.07. The van der Waals surface area contributed by atoms with E-state index in [1.807, 2.05) is 24.3 Å². The van der Waals surface area contributed by atoms with Gasteiger partial charge >= 0.3 is 0 Å². The van der Waals surface area contributed by atoms with Gasteiger partial charge in [-0.15, -0.1) is 0 Å². The van der Waals surface area contributed by atoms with E-state index in [2.05, 4.69) is 27.2 Å². The summed E-state index contributed by atoms with van der Waals surface area (Å²) in [5.74, 6) is 0.598. The number of fused-ring (bicyclic) bond motifs is 1. The topological polar surface area (TPSA) is 58.1 Å². The highest BCUT2D eigenvalue weighted by Crippen LogP contribution is 2.12. The highest BCUT2D eigenvalue weighted by Gasteiger charge is 2.23. The van der Waals surface area contributed by atoms with Crippen molar-refractivity contribution in [3.05, 3.63) is 36.3 Å². The first-order valence-electron chi connectivity index (χ1n) is 6.41. The van der Waals surface area contributed by atoms with Crippen molar-refractivity contribution in [1.29, 1.82) is 0 Å². The number of hydrogen-bond donors (Lipinski definition) is 1. The Morgan fingerprint density at radius 3 is 3.00 bits per heavy atom. The van der Waals surface area contributed by atoms with Gasteiger partial charge in [0.2, 0.25) is 5.82 Å². The van der Waals surface area contributed by atoms with Crippen LogP contribution in [-0.4, -0.2) is 47.5 Å². The molecular formula is C14H16N4O. The fourth-order valence-corrected chi connectivity index (χ4v) is 2.35. The van der Waals surface area contributed by atoms with Gasteiger partial charge in [-0.2, -0.15) is 0 Å². The molecular weight excluding hydrogens is 240 g/mol. The van der Waals surface area contributed by atoms with Crippen LogP contribution in [0.3, 0.4) is 0 Å². The van der Waals surface area contributed by atoms with Crippen LogP contribution in [-0.2, 0) is 0 Å². The molecule has 2 aromatic rings. The van der Waals surface area contributed by atoms with Crippen molar-refractivity contribution in [1.82, 2.24) is 20.2 Å². The standard InChI is InChI=1S/C14H16N4O/c1-18-8-10(9-18)6-16-14(19)13-15-7-11-4-2-3-5-12(11)17-13/h2-5,7,10H,6,8-9H2,1H3,(H,16,19). The molecule has 1 aliphatic rings. The van der Waals surface area contributed by atoms with Crippen molar-refractivity contribution in [2.75, 3.05) is 26.7 Å². The lowest BCUT2D eigenvalue weighted by molar-refractivity contribution is 0.0888. The second-order valence-electron chi connectivity index (χ2n) is 5.05. The summed E-state index contributed by atoms with van der Waals surface area (Å²) in [4.78, 5) is 22.6. The zero-order valence-electron chi connectivity index (χ0n) is 10.8. The third kappa shape index (κ3) is 2.56. The number of carbonyl (C=O) groups is 1. The van der Waals surface area contributed by atoms with Crippen LogP contribution in [0.4, 0.5) is 0 Å². The van der Waals surface area contributed by atoms with E-state index in [1.165, 1.54) is 0 Å². The van der Waals surface area contributed by atoms with Crippen LogP contribution in [0, 0.1) is 5.92 Å². The molecule has 0 bridgehead atoms. The maximum atomic E-state index is 12.0. The number of nitrogens with one attached hydrogen (secondary N) is 1. The Labute approximate surface area is 111 Å². The number of rotatable bonds is 3. The number of hydrogen-bond acceptors (Lipinski definition) is 4. The fourth-order valence-electron chi connectivity index (χ4n) is 2.35. The Morgan fingerprint density at radius 1 is 1.42 bits per heavy atom. The third-order valence-electron chi connectivity index (χ3n) is 3.38. The zero-order valence-corrected chi connectivity index (χ0v) is 10.8. The molecule has 0 radical (unpaired) electrons. The van der Waals surface area contributed by atoms with E-state index in [4.69, 9.17) is 0 Å². The molecule has 5 nitrogen and oxygen atoms in total. The smallest absolute Gasteiger partial charge is 0.289 e. The largest absolute Gasteiger partial charge is 0.349 e. The summed E-state index contributed by atoms with van der Waals surface area (Å²) in [5.41, 5.74) is 0.797. The van der Waals surface area contributed by atoms with Crippen molar-refractivity contribution in [2.45, 2.75) is 0 Å². The summed E-state index contributed by atoms with van der Waals surface area (Å²) in [6.45, 7) is 2.77. The first kappa shape index (κ1) is 12.0. The molecule has 1 saturated heterocycles. The molecule has 1 aromatic heterocycles. The van der Waals surface area contributed by atoms with Crippen molar-refractivity contribution >= 4 is 16.8 Å². The molecule has 0 spiro atoms. The molecule has 2 heterocycles. The second-order valence-corrected chi connectivity index (χ2v) is 5.05. The predicted octanol–water partition coefficient (Wildman–Crippen LogP) is 0.921. The van der Waals surface area contributed by atoms with Crippen LogP contribution >= 0.6 is 0 Å². The highest BCUT2D eigenvalue weighted by atomic mass is 16.2. The lowest BCUT2D eigenvalue weighted by atomic mass is 10.0. The normalized spacial score (nSPS) is 16.3. The monoisotopic (exact) mass is 256 g/mol. The summed E-state index contributed by atoms with van der Waals surface area (Å²) in [5, 5.41) is 3.84. The van der Waals surface area contributed by atoms with Crippen LogP contribution in [0.25, 0.3) is 10.9 Å². The zero-order chi connectivity index (χ0) is 13.2. The highest BCUT2D eigenvalue weighted by molar-refractivity contribution is 5.92. The predicted molar refractivity (Wildman–Crippen MR) is 72.9 cm³/mol. The van der Waals surface area contributed by atoms with Gasteiger partial charge in [-0.25, -0.2) is 9.97 Å². The average Bonchev–Trinajstić information content (AvgIpc) is 2.41. The molecule has 0 unspecified atom stereocenters. The Hall–Kier alpha value is -2.01. The quantitative estimate of drug-likeness (QED) is 0.887. The summed E-state index contributed by atoms with van der Waals surface area (Å²) in [6, 6.07) is 7.65. The number of benzene rings is 1. The van der Waals surface area contributed by atoms with Gasteiger partial charge in [-0.05, 0) is 13.1 Å². The summed E-state index contributed by atoms with van der Waals surface area (Å²) >= 11 is 0. The minimum atomic E-state index is -0.194.